The van der Waals surface area contributed by atoms with Crippen molar-refractivity contribution in [1.29, 1.82) is 0 Å². The molecule has 76 valence electrons. The van der Waals surface area contributed by atoms with Crippen LogP contribution in [-0.2, 0) is 4.74 Å². The molecule has 0 bridgehead atoms. The summed E-state index contributed by atoms with van der Waals surface area (Å²) < 4.78 is 5.07. The molecule has 0 N–H and O–H groups in total. The highest BCUT2D eigenvalue weighted by Gasteiger charge is 2.11. The van der Waals surface area contributed by atoms with Crippen molar-refractivity contribution in [2.45, 2.75) is 20.8 Å². The van der Waals surface area contributed by atoms with E-state index in [1.54, 1.807) is 12.3 Å². The quantitative estimate of drug-likeness (QED) is 0.691. The molecule has 0 amide bonds. The van der Waals surface area contributed by atoms with Crippen molar-refractivity contribution < 1.29 is 9.53 Å². The van der Waals surface area contributed by atoms with Gasteiger partial charge in [0.1, 0.15) is 0 Å². The molecule has 0 saturated heterocycles. The van der Waals surface area contributed by atoms with Crippen molar-refractivity contribution >= 4 is 5.97 Å². The van der Waals surface area contributed by atoms with Crippen LogP contribution >= 0.6 is 0 Å². The second kappa shape index (κ2) is 4.74. The van der Waals surface area contributed by atoms with Crippen molar-refractivity contribution in [3.63, 3.8) is 0 Å². The lowest BCUT2D eigenvalue weighted by molar-refractivity contribution is 0.0451. The molecule has 0 aromatic carbocycles. The molecule has 0 fully saturated rings. The van der Waals surface area contributed by atoms with E-state index in [9.17, 15) is 4.79 Å². The van der Waals surface area contributed by atoms with Gasteiger partial charge in [0.25, 0.3) is 0 Å². The molecular formula is C11H15NO2. The Bertz CT molecular complexity index is 321. The van der Waals surface area contributed by atoms with Gasteiger partial charge in [0.2, 0.25) is 0 Å². The van der Waals surface area contributed by atoms with E-state index in [1.165, 1.54) is 0 Å². The minimum absolute atomic E-state index is 0.336. The summed E-state index contributed by atoms with van der Waals surface area (Å²) >= 11 is 0. The van der Waals surface area contributed by atoms with Gasteiger partial charge in [0.15, 0.2) is 5.69 Å². The van der Waals surface area contributed by atoms with Crippen molar-refractivity contribution in [3.05, 3.63) is 29.6 Å². The van der Waals surface area contributed by atoms with Crippen LogP contribution in [0.15, 0.2) is 18.3 Å². The number of aryl methyl sites for hydroxylation is 1. The van der Waals surface area contributed by atoms with Crippen LogP contribution in [0.5, 0.6) is 0 Å². The van der Waals surface area contributed by atoms with Crippen LogP contribution in [0.2, 0.25) is 0 Å². The average Bonchev–Trinajstić information content (AvgIpc) is 2.15. The van der Waals surface area contributed by atoms with Gasteiger partial charge in [-0.25, -0.2) is 9.78 Å². The Morgan fingerprint density at radius 1 is 1.57 bits per heavy atom. The third-order valence-electron chi connectivity index (χ3n) is 1.75. The molecule has 1 heterocycles. The van der Waals surface area contributed by atoms with Gasteiger partial charge >= 0.3 is 5.97 Å². The number of pyridine rings is 1. The Morgan fingerprint density at radius 3 is 2.86 bits per heavy atom. The maximum Gasteiger partial charge on any atom is 0.357 e. The number of esters is 1. The Hall–Kier alpha value is -1.38. The predicted molar refractivity (Wildman–Crippen MR) is 54.1 cm³/mol. The second-order valence-electron chi connectivity index (χ2n) is 3.66. The largest absolute Gasteiger partial charge is 0.461 e. The van der Waals surface area contributed by atoms with E-state index in [2.05, 4.69) is 4.98 Å². The molecule has 3 nitrogen and oxygen atoms in total. The molecule has 0 aliphatic carbocycles. The first-order chi connectivity index (χ1) is 6.61. The lowest BCUT2D eigenvalue weighted by Crippen LogP contribution is -2.12. The summed E-state index contributed by atoms with van der Waals surface area (Å²) in [6.07, 6.45) is 1.60. The van der Waals surface area contributed by atoms with Crippen molar-refractivity contribution in [3.8, 4) is 0 Å². The van der Waals surface area contributed by atoms with Crippen LogP contribution in [0.4, 0.5) is 0 Å². The molecule has 0 aliphatic rings. The Balaban J connectivity index is 2.65. The third-order valence-corrected chi connectivity index (χ3v) is 1.75. The van der Waals surface area contributed by atoms with Gasteiger partial charge in [-0.05, 0) is 24.5 Å². The highest BCUT2D eigenvalue weighted by Crippen LogP contribution is 2.05. The number of nitrogens with zero attached hydrogens (tertiary/aromatic N) is 1. The van der Waals surface area contributed by atoms with Crippen LogP contribution in [0, 0.1) is 12.8 Å². The van der Waals surface area contributed by atoms with E-state index >= 15 is 0 Å². The highest BCUT2D eigenvalue weighted by atomic mass is 16.5. The van der Waals surface area contributed by atoms with E-state index in [4.69, 9.17) is 4.74 Å². The van der Waals surface area contributed by atoms with E-state index in [1.807, 2.05) is 26.8 Å². The van der Waals surface area contributed by atoms with Gasteiger partial charge < -0.3 is 4.74 Å². The van der Waals surface area contributed by atoms with Crippen molar-refractivity contribution in [2.75, 3.05) is 6.61 Å². The number of ether oxygens (including phenoxy) is 1. The summed E-state index contributed by atoms with van der Waals surface area (Å²) in [5.41, 5.74) is 1.26. The number of carbonyl (C=O) groups excluding carboxylic acids is 1. The molecular weight excluding hydrogens is 178 g/mol. The zero-order valence-electron chi connectivity index (χ0n) is 8.78. The zero-order chi connectivity index (χ0) is 10.6. The number of aromatic nitrogens is 1. The molecule has 1 aromatic rings. The summed E-state index contributed by atoms with van der Waals surface area (Å²) in [5, 5.41) is 0. The third kappa shape index (κ3) is 2.83. The highest BCUT2D eigenvalue weighted by molar-refractivity contribution is 5.88. The number of hydrogen-bond donors (Lipinski definition) is 0. The maximum absolute atomic E-state index is 11.5. The van der Waals surface area contributed by atoms with E-state index < -0.39 is 0 Å². The molecule has 0 spiro atoms. The standard InChI is InChI=1S/C11H15NO2/c1-8(2)7-14-11(13)10-9(3)5-4-6-12-10/h4-6,8H,7H2,1-3H3. The fourth-order valence-electron chi connectivity index (χ4n) is 1.01. The predicted octanol–water partition coefficient (Wildman–Crippen LogP) is 2.20. The first-order valence-electron chi connectivity index (χ1n) is 4.70. The molecule has 1 rings (SSSR count). The van der Waals surface area contributed by atoms with E-state index in [0.29, 0.717) is 18.2 Å². The van der Waals surface area contributed by atoms with Gasteiger partial charge in [0.05, 0.1) is 6.61 Å². The number of hydrogen-bond acceptors (Lipinski definition) is 3. The molecule has 3 heteroatoms. The zero-order valence-corrected chi connectivity index (χ0v) is 8.78. The lowest BCUT2D eigenvalue weighted by Gasteiger charge is -2.07. The molecule has 1 aromatic heterocycles. The Labute approximate surface area is 84.1 Å². The summed E-state index contributed by atoms with van der Waals surface area (Å²) in [6.45, 7) is 6.28. The minimum Gasteiger partial charge on any atom is -0.461 e. The van der Waals surface area contributed by atoms with Crippen molar-refractivity contribution in [1.82, 2.24) is 4.98 Å². The van der Waals surface area contributed by atoms with Crippen molar-refractivity contribution in [2.24, 2.45) is 5.92 Å². The Kier molecular flexibility index (Phi) is 3.63. The monoisotopic (exact) mass is 193 g/mol. The first kappa shape index (κ1) is 10.7. The van der Waals surface area contributed by atoms with Gasteiger partial charge in [0, 0.05) is 6.20 Å². The topological polar surface area (TPSA) is 39.2 Å². The maximum atomic E-state index is 11.5. The van der Waals surface area contributed by atoms with Crippen LogP contribution in [0.25, 0.3) is 0 Å². The van der Waals surface area contributed by atoms with Crippen LogP contribution in [-0.4, -0.2) is 17.6 Å². The fraction of sp³-hybridized carbons (Fsp3) is 0.455. The Morgan fingerprint density at radius 2 is 2.29 bits per heavy atom. The van der Waals surface area contributed by atoms with Gasteiger partial charge in [-0.1, -0.05) is 19.9 Å². The van der Waals surface area contributed by atoms with Crippen LogP contribution < -0.4 is 0 Å². The molecule has 14 heavy (non-hydrogen) atoms. The molecule has 0 atom stereocenters. The fourth-order valence-corrected chi connectivity index (χ4v) is 1.01. The minimum atomic E-state index is -0.336. The smallest absolute Gasteiger partial charge is 0.357 e. The summed E-state index contributed by atoms with van der Waals surface area (Å²) in [4.78, 5) is 15.5. The summed E-state index contributed by atoms with van der Waals surface area (Å²) in [7, 11) is 0. The SMILES string of the molecule is Cc1cccnc1C(=O)OCC(C)C. The van der Waals surface area contributed by atoms with E-state index in [0.717, 1.165) is 5.56 Å². The van der Waals surface area contributed by atoms with Gasteiger partial charge in [-0.15, -0.1) is 0 Å². The van der Waals surface area contributed by atoms with Crippen LogP contribution in [0.3, 0.4) is 0 Å². The average molecular weight is 193 g/mol. The molecule has 0 aliphatic heterocycles. The van der Waals surface area contributed by atoms with Gasteiger partial charge in [-0.2, -0.15) is 0 Å². The van der Waals surface area contributed by atoms with E-state index in [-0.39, 0.29) is 5.97 Å². The molecule has 0 radical (unpaired) electrons. The summed E-state index contributed by atoms with van der Waals surface area (Å²) in [6, 6.07) is 3.65. The second-order valence-corrected chi connectivity index (χ2v) is 3.66. The van der Waals surface area contributed by atoms with Crippen LogP contribution in [0.1, 0.15) is 29.9 Å². The lowest BCUT2D eigenvalue weighted by atomic mass is 10.2. The van der Waals surface area contributed by atoms with Gasteiger partial charge in [-0.3, -0.25) is 0 Å². The molecule has 0 unspecified atom stereocenters. The summed E-state index contributed by atoms with van der Waals surface area (Å²) in [5.74, 6) is 0.0137. The first-order valence-corrected chi connectivity index (χ1v) is 4.70. The number of rotatable bonds is 3. The molecule has 0 saturated carbocycles. The normalized spacial score (nSPS) is 10.3. The number of carbonyl (C=O) groups is 1.